The van der Waals surface area contributed by atoms with Crippen LogP contribution >= 0.6 is 23.1 Å². The third-order valence-electron chi connectivity index (χ3n) is 5.84. The van der Waals surface area contributed by atoms with Gasteiger partial charge in [-0.15, -0.1) is 23.1 Å². The van der Waals surface area contributed by atoms with Crippen molar-refractivity contribution >= 4 is 28.9 Å². The van der Waals surface area contributed by atoms with Crippen molar-refractivity contribution in [1.82, 2.24) is 9.97 Å². The Morgan fingerprint density at radius 2 is 1.66 bits per heavy atom. The summed E-state index contributed by atoms with van der Waals surface area (Å²) in [6, 6.07) is 32.0. The van der Waals surface area contributed by atoms with E-state index in [0.717, 1.165) is 51.1 Å². The average Bonchev–Trinajstić information content (AvgIpc) is 3.35. The number of anilines is 1. The summed E-state index contributed by atoms with van der Waals surface area (Å²) in [5, 5.41) is 4.52. The number of rotatable bonds is 8. The van der Waals surface area contributed by atoms with Gasteiger partial charge in [-0.2, -0.15) is 0 Å². The second-order valence-electron chi connectivity index (χ2n) is 8.39. The van der Waals surface area contributed by atoms with E-state index >= 15 is 0 Å². The average molecular weight is 494 g/mol. The molecule has 35 heavy (non-hydrogen) atoms. The molecule has 5 heteroatoms. The van der Waals surface area contributed by atoms with Gasteiger partial charge in [-0.25, -0.2) is 9.97 Å². The molecule has 0 aliphatic heterocycles. The summed E-state index contributed by atoms with van der Waals surface area (Å²) in [7, 11) is 0. The van der Waals surface area contributed by atoms with E-state index in [0.29, 0.717) is 0 Å². The zero-order valence-electron chi connectivity index (χ0n) is 19.9. The minimum Gasteiger partial charge on any atom is -0.370 e. The first kappa shape index (κ1) is 23.3. The van der Waals surface area contributed by atoms with Crippen LogP contribution in [0.2, 0.25) is 0 Å². The third-order valence-corrected chi connectivity index (χ3v) is 7.74. The van der Waals surface area contributed by atoms with Gasteiger partial charge in [0.15, 0.2) is 0 Å². The number of benzene rings is 3. The molecule has 0 atom stereocenters. The molecule has 2 heterocycles. The normalized spacial score (nSPS) is 10.9. The Morgan fingerprint density at radius 3 is 2.43 bits per heavy atom. The molecule has 5 aromatic rings. The molecule has 0 saturated carbocycles. The van der Waals surface area contributed by atoms with Crippen LogP contribution in [0.15, 0.2) is 102 Å². The number of thiazole rings is 1. The molecular weight excluding hydrogens is 466 g/mol. The van der Waals surface area contributed by atoms with Gasteiger partial charge in [0.2, 0.25) is 0 Å². The van der Waals surface area contributed by atoms with E-state index in [9.17, 15) is 0 Å². The van der Waals surface area contributed by atoms with Gasteiger partial charge in [-0.05, 0) is 61.1 Å². The van der Waals surface area contributed by atoms with Crippen molar-refractivity contribution in [3.63, 3.8) is 0 Å². The third kappa shape index (κ3) is 5.64. The van der Waals surface area contributed by atoms with Crippen LogP contribution in [0.1, 0.15) is 11.1 Å². The maximum atomic E-state index is 5.13. The summed E-state index contributed by atoms with van der Waals surface area (Å²) in [6.07, 6.45) is 4.94. The van der Waals surface area contributed by atoms with Crippen LogP contribution in [0.4, 0.5) is 5.82 Å². The summed E-state index contributed by atoms with van der Waals surface area (Å²) in [5.74, 6) is 0.882. The van der Waals surface area contributed by atoms with E-state index in [4.69, 9.17) is 4.98 Å². The Balaban J connectivity index is 1.47. The number of hydrogen-bond donors (Lipinski definition) is 1. The van der Waals surface area contributed by atoms with Gasteiger partial charge in [0, 0.05) is 28.8 Å². The Labute approximate surface area is 215 Å². The predicted molar refractivity (Wildman–Crippen MR) is 151 cm³/mol. The van der Waals surface area contributed by atoms with Gasteiger partial charge in [0.1, 0.15) is 10.8 Å². The topological polar surface area (TPSA) is 37.8 Å². The van der Waals surface area contributed by atoms with E-state index in [1.165, 1.54) is 16.0 Å². The van der Waals surface area contributed by atoms with E-state index in [1.807, 2.05) is 12.3 Å². The SMILES string of the molecule is CSc1ccc(-c2nc(-c3cccc(C)c3)c(-c3ccnc(NCCc4ccccc4)c3)s2)cc1. The van der Waals surface area contributed by atoms with Crippen molar-refractivity contribution in [2.45, 2.75) is 18.2 Å². The number of aromatic nitrogens is 2. The lowest BCUT2D eigenvalue weighted by Crippen LogP contribution is -2.06. The molecule has 0 amide bonds. The number of nitrogens with one attached hydrogen (secondary N) is 1. The lowest BCUT2D eigenvalue weighted by Gasteiger charge is -2.08. The monoisotopic (exact) mass is 493 g/mol. The van der Waals surface area contributed by atoms with Crippen LogP contribution in [-0.4, -0.2) is 22.8 Å². The van der Waals surface area contributed by atoms with E-state index in [-0.39, 0.29) is 0 Å². The first-order chi connectivity index (χ1) is 17.2. The minimum absolute atomic E-state index is 0.834. The summed E-state index contributed by atoms with van der Waals surface area (Å²) < 4.78 is 0. The fourth-order valence-electron chi connectivity index (χ4n) is 4.01. The number of pyridine rings is 1. The van der Waals surface area contributed by atoms with Gasteiger partial charge in [-0.1, -0.05) is 66.2 Å². The molecular formula is C30H27N3S2. The highest BCUT2D eigenvalue weighted by molar-refractivity contribution is 7.98. The highest BCUT2D eigenvalue weighted by Crippen LogP contribution is 2.41. The van der Waals surface area contributed by atoms with Crippen LogP contribution in [0.5, 0.6) is 0 Å². The van der Waals surface area contributed by atoms with Crippen molar-refractivity contribution in [2.75, 3.05) is 18.1 Å². The molecule has 0 aliphatic rings. The molecule has 1 N–H and O–H groups in total. The molecule has 174 valence electrons. The number of aryl methyl sites for hydroxylation is 1. The summed E-state index contributed by atoms with van der Waals surface area (Å²) in [4.78, 5) is 12.1. The zero-order chi connectivity index (χ0) is 24.0. The molecule has 0 unspecified atom stereocenters. The second-order valence-corrected chi connectivity index (χ2v) is 10.3. The molecule has 0 spiro atoms. The maximum absolute atomic E-state index is 5.13. The van der Waals surface area contributed by atoms with Gasteiger partial charge in [0.05, 0.1) is 10.6 Å². The fourth-order valence-corrected chi connectivity index (χ4v) is 5.51. The van der Waals surface area contributed by atoms with Crippen molar-refractivity contribution in [3.05, 3.63) is 108 Å². The van der Waals surface area contributed by atoms with Crippen molar-refractivity contribution in [2.24, 2.45) is 0 Å². The molecule has 3 aromatic carbocycles. The van der Waals surface area contributed by atoms with Crippen LogP contribution in [0.3, 0.4) is 0 Å². The lowest BCUT2D eigenvalue weighted by atomic mass is 10.1. The molecule has 0 saturated heterocycles. The molecule has 0 aliphatic carbocycles. The molecule has 0 bridgehead atoms. The van der Waals surface area contributed by atoms with E-state index in [1.54, 1.807) is 23.1 Å². The highest BCUT2D eigenvalue weighted by Gasteiger charge is 2.17. The number of hydrogen-bond acceptors (Lipinski definition) is 5. The molecule has 2 aromatic heterocycles. The predicted octanol–water partition coefficient (Wildman–Crippen LogP) is 8.22. The minimum atomic E-state index is 0.834. The van der Waals surface area contributed by atoms with Gasteiger partial charge < -0.3 is 5.32 Å². The number of thioether (sulfide) groups is 1. The maximum Gasteiger partial charge on any atom is 0.126 e. The Hall–Kier alpha value is -3.41. The first-order valence-corrected chi connectivity index (χ1v) is 13.7. The summed E-state index contributed by atoms with van der Waals surface area (Å²) in [5.41, 5.74) is 6.97. The largest absolute Gasteiger partial charge is 0.370 e. The highest BCUT2D eigenvalue weighted by atomic mass is 32.2. The zero-order valence-corrected chi connectivity index (χ0v) is 21.5. The Morgan fingerprint density at radius 1 is 0.829 bits per heavy atom. The van der Waals surface area contributed by atoms with Crippen LogP contribution in [0.25, 0.3) is 32.3 Å². The molecule has 3 nitrogen and oxygen atoms in total. The Kier molecular flexibility index (Phi) is 7.26. The van der Waals surface area contributed by atoms with Crippen LogP contribution in [0, 0.1) is 6.92 Å². The van der Waals surface area contributed by atoms with Gasteiger partial charge >= 0.3 is 0 Å². The Bertz CT molecular complexity index is 1410. The van der Waals surface area contributed by atoms with Gasteiger partial charge in [0.25, 0.3) is 0 Å². The standard InChI is InChI=1S/C30H27N3S2/c1-21-7-6-10-24(19-21)28-29(35-30(33-28)23-11-13-26(34-2)14-12-23)25-16-18-32-27(20-25)31-17-15-22-8-4-3-5-9-22/h3-14,16,18-20H,15,17H2,1-2H3,(H,31,32). The molecule has 0 fully saturated rings. The van der Waals surface area contributed by atoms with Crippen molar-refractivity contribution in [1.29, 1.82) is 0 Å². The van der Waals surface area contributed by atoms with E-state index in [2.05, 4.69) is 108 Å². The first-order valence-electron chi connectivity index (χ1n) is 11.7. The molecule has 0 radical (unpaired) electrons. The van der Waals surface area contributed by atoms with Crippen molar-refractivity contribution in [3.8, 4) is 32.3 Å². The summed E-state index contributed by atoms with van der Waals surface area (Å²) in [6.45, 7) is 2.96. The fraction of sp³-hybridized carbons (Fsp3) is 0.133. The number of nitrogens with zero attached hydrogens (tertiary/aromatic N) is 2. The quantitative estimate of drug-likeness (QED) is 0.221. The molecule has 5 rings (SSSR count). The van der Waals surface area contributed by atoms with E-state index < -0.39 is 0 Å². The van der Waals surface area contributed by atoms with Gasteiger partial charge in [-0.3, -0.25) is 0 Å². The van der Waals surface area contributed by atoms with Crippen molar-refractivity contribution < 1.29 is 0 Å². The summed E-state index contributed by atoms with van der Waals surface area (Å²) >= 11 is 3.49. The lowest BCUT2D eigenvalue weighted by molar-refractivity contribution is 1.01. The second kappa shape index (κ2) is 10.9. The smallest absolute Gasteiger partial charge is 0.126 e. The van der Waals surface area contributed by atoms with Crippen LogP contribution in [-0.2, 0) is 6.42 Å². The van der Waals surface area contributed by atoms with Crippen LogP contribution < -0.4 is 5.32 Å².